The molecule has 0 saturated heterocycles. The number of fused-ring (bicyclic) bond motifs is 1. The first-order valence-electron chi connectivity index (χ1n) is 6.80. The third kappa shape index (κ3) is 2.50. The maximum atomic E-state index is 12.3. The lowest BCUT2D eigenvalue weighted by Crippen LogP contribution is -2.15. The van der Waals surface area contributed by atoms with Crippen LogP contribution in [0.3, 0.4) is 0 Å². The summed E-state index contributed by atoms with van der Waals surface area (Å²) in [6.45, 7) is 3.24. The zero-order valence-electron chi connectivity index (χ0n) is 12.5. The van der Waals surface area contributed by atoms with E-state index >= 15 is 0 Å². The predicted molar refractivity (Wildman–Crippen MR) is 82.1 cm³/mol. The van der Waals surface area contributed by atoms with Gasteiger partial charge in [-0.1, -0.05) is 0 Å². The van der Waals surface area contributed by atoms with Crippen molar-refractivity contribution in [1.82, 2.24) is 9.55 Å². The van der Waals surface area contributed by atoms with Crippen LogP contribution in [0.4, 0.5) is 5.69 Å². The standard InChI is InChI=1S/C16H15N3O3/c1-9(20)11-6-14(19(3)8-11)16(21)18-12-4-5-13-15(7-12)22-10(2)17-13/h4-8H,1-3H3,(H,18,21). The Morgan fingerprint density at radius 1 is 1.27 bits per heavy atom. The van der Waals surface area contributed by atoms with Gasteiger partial charge in [0, 0.05) is 37.5 Å². The molecule has 0 aliphatic carbocycles. The molecule has 1 N–H and O–H groups in total. The third-order valence-electron chi connectivity index (χ3n) is 3.40. The van der Waals surface area contributed by atoms with Gasteiger partial charge in [0.2, 0.25) is 0 Å². The van der Waals surface area contributed by atoms with Crippen molar-refractivity contribution in [1.29, 1.82) is 0 Å². The van der Waals surface area contributed by atoms with Crippen LogP contribution in [0, 0.1) is 6.92 Å². The van der Waals surface area contributed by atoms with E-state index in [2.05, 4.69) is 10.3 Å². The highest BCUT2D eigenvalue weighted by Gasteiger charge is 2.14. The molecule has 0 spiro atoms. The van der Waals surface area contributed by atoms with Gasteiger partial charge in [-0.05, 0) is 25.1 Å². The minimum Gasteiger partial charge on any atom is -0.441 e. The summed E-state index contributed by atoms with van der Waals surface area (Å²) in [5.74, 6) is 0.214. The number of hydrogen-bond acceptors (Lipinski definition) is 4. The third-order valence-corrected chi connectivity index (χ3v) is 3.40. The quantitative estimate of drug-likeness (QED) is 0.754. The van der Waals surface area contributed by atoms with Crippen LogP contribution in [0.25, 0.3) is 11.1 Å². The average molecular weight is 297 g/mol. The summed E-state index contributed by atoms with van der Waals surface area (Å²) < 4.78 is 7.07. The normalized spacial score (nSPS) is 10.9. The van der Waals surface area contributed by atoms with E-state index < -0.39 is 0 Å². The van der Waals surface area contributed by atoms with Gasteiger partial charge in [0.15, 0.2) is 17.3 Å². The summed E-state index contributed by atoms with van der Waals surface area (Å²) >= 11 is 0. The second-order valence-electron chi connectivity index (χ2n) is 5.15. The molecule has 1 amide bonds. The number of ketones is 1. The Morgan fingerprint density at radius 3 is 2.73 bits per heavy atom. The van der Waals surface area contributed by atoms with E-state index in [0.29, 0.717) is 28.4 Å². The second kappa shape index (κ2) is 5.14. The van der Waals surface area contributed by atoms with E-state index in [1.807, 2.05) is 0 Å². The Morgan fingerprint density at radius 2 is 2.05 bits per heavy atom. The summed E-state index contributed by atoms with van der Waals surface area (Å²) in [7, 11) is 1.73. The molecule has 2 heterocycles. The number of oxazole rings is 1. The first-order chi connectivity index (χ1) is 10.4. The molecule has 6 nitrogen and oxygen atoms in total. The fourth-order valence-corrected chi connectivity index (χ4v) is 2.30. The predicted octanol–water partition coefficient (Wildman–Crippen LogP) is 2.93. The maximum absolute atomic E-state index is 12.3. The number of nitrogens with zero attached hydrogens (tertiary/aromatic N) is 2. The lowest BCUT2D eigenvalue weighted by molar-refractivity contribution is 0.101. The van der Waals surface area contributed by atoms with Crippen molar-refractivity contribution in [2.75, 3.05) is 5.32 Å². The number of Topliss-reactive ketones (excluding diaryl/α,β-unsaturated/α-hetero) is 1. The number of hydrogen-bond donors (Lipinski definition) is 1. The van der Waals surface area contributed by atoms with Crippen LogP contribution in [-0.2, 0) is 7.05 Å². The molecule has 0 aliphatic rings. The Hall–Kier alpha value is -2.89. The molecular weight excluding hydrogens is 282 g/mol. The number of aryl methyl sites for hydroxylation is 2. The van der Waals surface area contributed by atoms with E-state index in [-0.39, 0.29) is 11.7 Å². The monoisotopic (exact) mass is 297 g/mol. The molecule has 2 aromatic heterocycles. The molecule has 0 aliphatic heterocycles. The zero-order valence-corrected chi connectivity index (χ0v) is 12.5. The van der Waals surface area contributed by atoms with E-state index in [1.165, 1.54) is 6.92 Å². The topological polar surface area (TPSA) is 77.1 Å². The first-order valence-corrected chi connectivity index (χ1v) is 6.80. The lowest BCUT2D eigenvalue weighted by atomic mass is 10.2. The van der Waals surface area contributed by atoms with Crippen LogP contribution in [0.5, 0.6) is 0 Å². The van der Waals surface area contributed by atoms with Crippen molar-refractivity contribution in [3.05, 3.63) is 47.6 Å². The summed E-state index contributed by atoms with van der Waals surface area (Å²) in [6.07, 6.45) is 1.64. The number of anilines is 1. The Bertz CT molecular complexity index is 889. The lowest BCUT2D eigenvalue weighted by Gasteiger charge is -2.05. The van der Waals surface area contributed by atoms with Gasteiger partial charge in [0.05, 0.1) is 0 Å². The zero-order chi connectivity index (χ0) is 15.9. The number of rotatable bonds is 3. The number of carbonyl (C=O) groups is 2. The van der Waals surface area contributed by atoms with Crippen LogP contribution in [0.15, 0.2) is 34.9 Å². The molecule has 112 valence electrons. The Kier molecular flexibility index (Phi) is 3.29. The minimum atomic E-state index is -0.286. The maximum Gasteiger partial charge on any atom is 0.272 e. The fraction of sp³-hybridized carbons (Fsp3) is 0.188. The van der Waals surface area contributed by atoms with Gasteiger partial charge in [-0.15, -0.1) is 0 Å². The van der Waals surface area contributed by atoms with Gasteiger partial charge in [0.25, 0.3) is 5.91 Å². The number of benzene rings is 1. The van der Waals surface area contributed by atoms with Crippen LogP contribution in [0.2, 0.25) is 0 Å². The van der Waals surface area contributed by atoms with Crippen LogP contribution in [0.1, 0.15) is 33.7 Å². The first kappa shape index (κ1) is 14.1. The van der Waals surface area contributed by atoms with Crippen molar-refractivity contribution < 1.29 is 14.0 Å². The van der Waals surface area contributed by atoms with Gasteiger partial charge in [-0.2, -0.15) is 0 Å². The molecule has 0 saturated carbocycles. The van der Waals surface area contributed by atoms with E-state index in [1.54, 1.807) is 49.0 Å². The van der Waals surface area contributed by atoms with Crippen molar-refractivity contribution in [2.24, 2.45) is 7.05 Å². The molecular formula is C16H15N3O3. The molecule has 3 rings (SSSR count). The van der Waals surface area contributed by atoms with Crippen LogP contribution in [-0.4, -0.2) is 21.2 Å². The highest BCUT2D eigenvalue weighted by atomic mass is 16.3. The largest absolute Gasteiger partial charge is 0.441 e. The molecule has 0 atom stereocenters. The van der Waals surface area contributed by atoms with Gasteiger partial charge >= 0.3 is 0 Å². The van der Waals surface area contributed by atoms with Crippen LogP contribution < -0.4 is 5.32 Å². The van der Waals surface area contributed by atoms with E-state index in [4.69, 9.17) is 4.42 Å². The molecule has 1 aromatic carbocycles. The number of nitrogens with one attached hydrogen (secondary N) is 1. The average Bonchev–Trinajstić information content (AvgIpc) is 3.00. The van der Waals surface area contributed by atoms with Gasteiger partial charge in [-0.25, -0.2) is 4.98 Å². The smallest absolute Gasteiger partial charge is 0.272 e. The van der Waals surface area contributed by atoms with Crippen molar-refractivity contribution in [2.45, 2.75) is 13.8 Å². The number of aromatic nitrogens is 2. The van der Waals surface area contributed by atoms with Crippen molar-refractivity contribution in [3.63, 3.8) is 0 Å². The molecule has 6 heteroatoms. The summed E-state index contributed by atoms with van der Waals surface area (Å²) in [5, 5.41) is 2.79. The van der Waals surface area contributed by atoms with Gasteiger partial charge < -0.3 is 14.3 Å². The summed E-state index contributed by atoms with van der Waals surface area (Å²) in [5.41, 5.74) is 2.90. The molecule has 0 bridgehead atoms. The van der Waals surface area contributed by atoms with E-state index in [0.717, 1.165) is 5.52 Å². The molecule has 0 fully saturated rings. The van der Waals surface area contributed by atoms with Gasteiger partial charge in [0.1, 0.15) is 11.2 Å². The second-order valence-corrected chi connectivity index (χ2v) is 5.15. The van der Waals surface area contributed by atoms with Gasteiger partial charge in [-0.3, -0.25) is 9.59 Å². The molecule has 0 radical (unpaired) electrons. The van der Waals surface area contributed by atoms with Crippen molar-refractivity contribution >= 4 is 28.5 Å². The van der Waals surface area contributed by atoms with Crippen molar-refractivity contribution in [3.8, 4) is 0 Å². The number of amides is 1. The summed E-state index contributed by atoms with van der Waals surface area (Å²) in [6, 6.07) is 6.85. The summed E-state index contributed by atoms with van der Waals surface area (Å²) in [4.78, 5) is 27.9. The Labute approximate surface area is 126 Å². The Balaban J connectivity index is 1.87. The SMILES string of the molecule is CC(=O)c1cc(C(=O)Nc2ccc3nc(C)oc3c2)n(C)c1. The minimum absolute atomic E-state index is 0.0757. The molecule has 22 heavy (non-hydrogen) atoms. The highest BCUT2D eigenvalue weighted by molar-refractivity contribution is 6.06. The molecule has 0 unspecified atom stereocenters. The molecule has 3 aromatic rings. The fourth-order valence-electron chi connectivity index (χ4n) is 2.30. The number of carbonyl (C=O) groups excluding carboxylic acids is 2. The van der Waals surface area contributed by atoms with E-state index in [9.17, 15) is 9.59 Å². The highest BCUT2D eigenvalue weighted by Crippen LogP contribution is 2.20. The van der Waals surface area contributed by atoms with Crippen LogP contribution >= 0.6 is 0 Å².